The minimum atomic E-state index is -0.550. The molecule has 0 spiro atoms. The van der Waals surface area contributed by atoms with Crippen LogP contribution >= 0.6 is 26.7 Å². The molecule has 0 fully saturated rings. The fourth-order valence-electron chi connectivity index (χ4n) is 3.36. The Kier molecular flexibility index (Phi) is 6.42. The SMILES string of the molecule is CO[s+]1c(-c2ccc(Br)cc2)c(OC(C)C)c2ccc(OCc3ccccc3)cc21. The smallest absolute Gasteiger partial charge is 0.260 e. The number of hydrogen-bond donors (Lipinski definition) is 0. The Balaban J connectivity index is 1.80. The van der Waals surface area contributed by atoms with Gasteiger partial charge in [-0.3, -0.25) is 0 Å². The fraction of sp³-hybridized carbons (Fsp3) is 0.200. The van der Waals surface area contributed by atoms with Crippen LogP contribution in [0.15, 0.2) is 77.3 Å². The highest BCUT2D eigenvalue weighted by Gasteiger charge is 2.32. The summed E-state index contributed by atoms with van der Waals surface area (Å²) in [5.74, 6) is 1.72. The number of thiophene rings is 1. The molecule has 5 heteroatoms. The zero-order valence-electron chi connectivity index (χ0n) is 17.2. The molecule has 0 aliphatic heterocycles. The van der Waals surface area contributed by atoms with Crippen LogP contribution < -0.4 is 13.7 Å². The van der Waals surface area contributed by atoms with E-state index in [1.807, 2.05) is 50.2 Å². The van der Waals surface area contributed by atoms with Gasteiger partial charge in [0.15, 0.2) is 16.5 Å². The maximum Gasteiger partial charge on any atom is 0.260 e. The molecular weight excluding hydrogens is 460 g/mol. The van der Waals surface area contributed by atoms with Gasteiger partial charge in [-0.2, -0.15) is 4.18 Å². The van der Waals surface area contributed by atoms with Crippen molar-refractivity contribution >= 4 is 36.8 Å². The summed E-state index contributed by atoms with van der Waals surface area (Å²) < 4.78 is 20.5. The van der Waals surface area contributed by atoms with Gasteiger partial charge >= 0.3 is 0 Å². The van der Waals surface area contributed by atoms with Gasteiger partial charge in [-0.05, 0) is 55.8 Å². The van der Waals surface area contributed by atoms with Crippen molar-refractivity contribution in [3.8, 4) is 21.9 Å². The van der Waals surface area contributed by atoms with Crippen LogP contribution in [-0.2, 0) is 6.61 Å². The van der Waals surface area contributed by atoms with Gasteiger partial charge in [0, 0.05) is 16.1 Å². The molecular formula is C25H24BrO3S+. The number of rotatable bonds is 7. The Morgan fingerprint density at radius 1 is 0.933 bits per heavy atom. The van der Waals surface area contributed by atoms with Crippen LogP contribution in [0.25, 0.3) is 20.5 Å². The lowest BCUT2D eigenvalue weighted by atomic mass is 10.1. The van der Waals surface area contributed by atoms with Gasteiger partial charge in [-0.1, -0.05) is 46.3 Å². The minimum absolute atomic E-state index is 0.0627. The van der Waals surface area contributed by atoms with Crippen molar-refractivity contribution in [1.29, 1.82) is 0 Å². The first kappa shape index (κ1) is 20.9. The molecule has 30 heavy (non-hydrogen) atoms. The van der Waals surface area contributed by atoms with Gasteiger partial charge in [0.1, 0.15) is 12.4 Å². The quantitative estimate of drug-likeness (QED) is 0.255. The van der Waals surface area contributed by atoms with Crippen LogP contribution in [-0.4, -0.2) is 13.2 Å². The third kappa shape index (κ3) is 4.38. The van der Waals surface area contributed by atoms with Gasteiger partial charge in [0.2, 0.25) is 4.70 Å². The summed E-state index contributed by atoms with van der Waals surface area (Å²) in [5, 5.41) is 1.07. The lowest BCUT2D eigenvalue weighted by Crippen LogP contribution is -2.05. The Bertz CT molecular complexity index is 1130. The summed E-state index contributed by atoms with van der Waals surface area (Å²) in [6.45, 7) is 4.63. The van der Waals surface area contributed by atoms with Crippen LogP contribution in [0.4, 0.5) is 0 Å². The summed E-state index contributed by atoms with van der Waals surface area (Å²) in [4.78, 5) is 1.08. The Morgan fingerprint density at radius 2 is 1.67 bits per heavy atom. The van der Waals surface area contributed by atoms with E-state index in [0.29, 0.717) is 6.61 Å². The molecule has 3 nitrogen and oxygen atoms in total. The zero-order valence-corrected chi connectivity index (χ0v) is 19.6. The van der Waals surface area contributed by atoms with Gasteiger partial charge in [0.05, 0.1) is 18.6 Å². The molecule has 0 aliphatic carbocycles. The molecule has 0 aliphatic rings. The Hall–Kier alpha value is -2.34. The average molecular weight is 484 g/mol. The molecule has 0 N–H and O–H groups in total. The van der Waals surface area contributed by atoms with Crippen molar-refractivity contribution < 1.29 is 13.7 Å². The summed E-state index contributed by atoms with van der Waals surface area (Å²) in [7, 11) is 1.20. The molecule has 0 saturated heterocycles. The highest BCUT2D eigenvalue weighted by atomic mass is 79.9. The van der Waals surface area contributed by atoms with E-state index in [4.69, 9.17) is 13.7 Å². The number of ether oxygens (including phenoxy) is 2. The largest absolute Gasteiger partial charge is 0.489 e. The van der Waals surface area contributed by atoms with Crippen LogP contribution in [0.3, 0.4) is 0 Å². The van der Waals surface area contributed by atoms with Crippen molar-refractivity contribution in [2.45, 2.75) is 26.6 Å². The molecule has 0 radical (unpaired) electrons. The highest BCUT2D eigenvalue weighted by molar-refractivity contribution is 9.10. The van der Waals surface area contributed by atoms with E-state index >= 15 is 0 Å². The van der Waals surface area contributed by atoms with Crippen molar-refractivity contribution in [2.75, 3.05) is 7.11 Å². The summed E-state index contributed by atoms with van der Waals surface area (Å²) in [6.07, 6.45) is 0.0627. The normalized spacial score (nSPS) is 11.8. The maximum absolute atomic E-state index is 6.29. The van der Waals surface area contributed by atoms with Gasteiger partial charge in [-0.15, -0.1) is 0 Å². The molecule has 1 heterocycles. The number of hydrogen-bond acceptors (Lipinski definition) is 3. The summed E-state index contributed by atoms with van der Waals surface area (Å²) in [5.41, 5.74) is 2.24. The molecule has 4 rings (SSSR count). The van der Waals surface area contributed by atoms with Crippen molar-refractivity contribution in [1.82, 2.24) is 0 Å². The minimum Gasteiger partial charge on any atom is -0.489 e. The first-order chi connectivity index (χ1) is 14.6. The summed E-state index contributed by atoms with van der Waals surface area (Å²) in [6, 6.07) is 24.6. The van der Waals surface area contributed by atoms with Gasteiger partial charge in [0.25, 0.3) is 4.88 Å². The molecule has 0 amide bonds. The van der Waals surface area contributed by atoms with Gasteiger partial charge in [-0.25, -0.2) is 0 Å². The lowest BCUT2D eigenvalue weighted by molar-refractivity contribution is 0.247. The molecule has 154 valence electrons. The molecule has 1 unspecified atom stereocenters. The van der Waals surface area contributed by atoms with E-state index in [1.165, 1.54) is 0 Å². The van der Waals surface area contributed by atoms with Crippen LogP contribution in [0.1, 0.15) is 19.4 Å². The third-order valence-electron chi connectivity index (χ3n) is 4.66. The third-order valence-corrected chi connectivity index (χ3v) is 7.06. The van der Waals surface area contributed by atoms with E-state index in [2.05, 4.69) is 52.3 Å². The maximum atomic E-state index is 6.29. The molecule has 1 atom stereocenters. The molecule has 1 aromatic heterocycles. The first-order valence-corrected chi connectivity index (χ1v) is 11.8. The second kappa shape index (κ2) is 9.21. The molecule has 0 bridgehead atoms. The van der Waals surface area contributed by atoms with Crippen molar-refractivity contribution in [2.24, 2.45) is 0 Å². The standard InChI is InChI=1S/C25H24BrO3S/c1-17(2)29-24-22-14-13-21(28-16-18-7-5-4-6-8-18)15-23(22)30(27-3)25(24)19-9-11-20(26)12-10-19/h4-15,17H,16H2,1-3H3/q+1. The lowest BCUT2D eigenvalue weighted by Gasteiger charge is -2.09. The monoisotopic (exact) mass is 483 g/mol. The van der Waals surface area contributed by atoms with Crippen LogP contribution in [0.5, 0.6) is 11.5 Å². The molecule has 3 aromatic carbocycles. The zero-order chi connectivity index (χ0) is 21.1. The summed E-state index contributed by atoms with van der Waals surface area (Å²) >= 11 is 3.52. The van der Waals surface area contributed by atoms with E-state index in [9.17, 15) is 0 Å². The van der Waals surface area contributed by atoms with E-state index in [0.717, 1.165) is 42.1 Å². The van der Waals surface area contributed by atoms with E-state index in [-0.39, 0.29) is 6.10 Å². The topological polar surface area (TPSA) is 27.7 Å². The fourth-order valence-corrected chi connectivity index (χ4v) is 5.45. The predicted molar refractivity (Wildman–Crippen MR) is 129 cm³/mol. The first-order valence-electron chi connectivity index (χ1n) is 9.83. The highest BCUT2D eigenvalue weighted by Crippen LogP contribution is 2.51. The number of fused-ring (bicyclic) bond motifs is 1. The Labute approximate surface area is 188 Å². The number of benzene rings is 3. The van der Waals surface area contributed by atoms with Crippen LogP contribution in [0.2, 0.25) is 0 Å². The average Bonchev–Trinajstić information content (AvgIpc) is 3.05. The van der Waals surface area contributed by atoms with Gasteiger partial charge < -0.3 is 9.47 Å². The van der Waals surface area contributed by atoms with Crippen LogP contribution in [0, 0.1) is 0 Å². The number of halogens is 1. The second-order valence-electron chi connectivity index (χ2n) is 7.20. The Morgan fingerprint density at radius 3 is 2.33 bits per heavy atom. The van der Waals surface area contributed by atoms with E-state index in [1.54, 1.807) is 7.11 Å². The molecule has 4 aromatic rings. The van der Waals surface area contributed by atoms with Crippen molar-refractivity contribution in [3.63, 3.8) is 0 Å². The van der Waals surface area contributed by atoms with Crippen molar-refractivity contribution in [3.05, 3.63) is 82.8 Å². The molecule has 0 saturated carbocycles. The van der Waals surface area contributed by atoms with E-state index < -0.39 is 10.8 Å². The predicted octanol–water partition coefficient (Wildman–Crippen LogP) is 7.44. The second-order valence-corrected chi connectivity index (χ2v) is 9.83.